The highest BCUT2D eigenvalue weighted by Crippen LogP contribution is 2.38. The zero-order valence-corrected chi connectivity index (χ0v) is 11.2. The number of nitrogens with one attached hydrogen (secondary N) is 1. The zero-order valence-electron chi connectivity index (χ0n) is 11.2. The van der Waals surface area contributed by atoms with Gasteiger partial charge in [-0.1, -0.05) is 13.3 Å². The Morgan fingerprint density at radius 1 is 1.53 bits per heavy atom. The minimum atomic E-state index is -0.751. The first-order valence-corrected chi connectivity index (χ1v) is 6.57. The molecule has 0 amide bonds. The van der Waals surface area contributed by atoms with Gasteiger partial charge in [-0.25, -0.2) is 0 Å². The van der Waals surface area contributed by atoms with Crippen molar-refractivity contribution < 1.29 is 14.6 Å². The van der Waals surface area contributed by atoms with E-state index in [1.165, 1.54) is 6.42 Å². The number of carboxylic acid groups (broad SMARTS) is 1. The van der Waals surface area contributed by atoms with Crippen molar-refractivity contribution in [2.24, 2.45) is 0 Å². The molecule has 4 heteroatoms. The average Bonchev–Trinajstić information content (AvgIpc) is 2.22. The molecule has 1 saturated carbocycles. The van der Waals surface area contributed by atoms with Gasteiger partial charge in [0.05, 0.1) is 5.60 Å². The molecule has 4 nitrogen and oxygen atoms in total. The van der Waals surface area contributed by atoms with Gasteiger partial charge in [0, 0.05) is 13.2 Å². The average molecular weight is 243 g/mol. The summed E-state index contributed by atoms with van der Waals surface area (Å²) in [7, 11) is 1.76. The Labute approximate surface area is 104 Å². The van der Waals surface area contributed by atoms with Crippen LogP contribution in [0.25, 0.3) is 0 Å². The van der Waals surface area contributed by atoms with Crippen molar-refractivity contribution in [1.29, 1.82) is 0 Å². The fourth-order valence-electron chi connectivity index (χ4n) is 2.59. The molecule has 0 bridgehead atoms. The third-order valence-corrected chi connectivity index (χ3v) is 3.74. The van der Waals surface area contributed by atoms with E-state index >= 15 is 0 Å². The molecule has 0 spiro atoms. The predicted molar refractivity (Wildman–Crippen MR) is 67.1 cm³/mol. The summed E-state index contributed by atoms with van der Waals surface area (Å²) < 4.78 is 5.56. The van der Waals surface area contributed by atoms with Crippen molar-refractivity contribution in [2.75, 3.05) is 7.11 Å². The fraction of sp³-hybridized carbons (Fsp3) is 0.923. The highest BCUT2D eigenvalue weighted by Gasteiger charge is 2.38. The lowest BCUT2D eigenvalue weighted by atomic mass is 9.76. The molecule has 0 radical (unpaired) electrons. The maximum Gasteiger partial charge on any atom is 0.320 e. The van der Waals surface area contributed by atoms with Crippen molar-refractivity contribution in [3.8, 4) is 0 Å². The van der Waals surface area contributed by atoms with Crippen molar-refractivity contribution in [2.45, 2.75) is 70.1 Å². The van der Waals surface area contributed by atoms with Crippen LogP contribution in [0, 0.1) is 0 Å². The summed E-state index contributed by atoms with van der Waals surface area (Å²) in [5.74, 6) is -0.751. The number of rotatable bonds is 8. The quantitative estimate of drug-likeness (QED) is 0.686. The monoisotopic (exact) mass is 243 g/mol. The van der Waals surface area contributed by atoms with Crippen LogP contribution in [0.15, 0.2) is 0 Å². The van der Waals surface area contributed by atoms with Gasteiger partial charge in [0.25, 0.3) is 0 Å². The van der Waals surface area contributed by atoms with Crippen LogP contribution in [0.2, 0.25) is 0 Å². The lowest BCUT2D eigenvalue weighted by Gasteiger charge is -2.42. The predicted octanol–water partition coefficient (Wildman–Crippen LogP) is 2.18. The highest BCUT2D eigenvalue weighted by molar-refractivity contribution is 5.73. The van der Waals surface area contributed by atoms with E-state index < -0.39 is 12.0 Å². The molecule has 2 N–H and O–H groups in total. The summed E-state index contributed by atoms with van der Waals surface area (Å²) in [5, 5.41) is 12.3. The number of methoxy groups -OCH3 is 1. The first kappa shape index (κ1) is 14.5. The molecule has 17 heavy (non-hydrogen) atoms. The molecule has 0 aliphatic heterocycles. The molecular formula is C13H25NO3. The number of carboxylic acids is 1. The van der Waals surface area contributed by atoms with Gasteiger partial charge < -0.3 is 15.2 Å². The second-order valence-electron chi connectivity index (χ2n) is 5.19. The normalized spacial score (nSPS) is 21.6. The van der Waals surface area contributed by atoms with E-state index in [-0.39, 0.29) is 11.6 Å². The lowest BCUT2D eigenvalue weighted by molar-refractivity contribution is -0.140. The first-order valence-electron chi connectivity index (χ1n) is 6.57. The molecule has 1 aliphatic carbocycles. The molecular weight excluding hydrogens is 218 g/mol. The standard InChI is InChI=1S/C13H25NO3/c1-4-6-11(12(15)16)14-10(2)9-13(17-3)7-5-8-13/h10-11,14H,4-9H2,1-3H3,(H,15,16). The van der Waals surface area contributed by atoms with Gasteiger partial charge in [-0.3, -0.25) is 4.79 Å². The van der Waals surface area contributed by atoms with E-state index in [0.717, 1.165) is 25.7 Å². The number of aliphatic carboxylic acids is 1. The Balaban J connectivity index is 2.41. The molecule has 2 unspecified atom stereocenters. The van der Waals surface area contributed by atoms with Crippen molar-refractivity contribution in [1.82, 2.24) is 5.32 Å². The Morgan fingerprint density at radius 2 is 2.18 bits per heavy atom. The molecule has 0 heterocycles. The summed E-state index contributed by atoms with van der Waals surface area (Å²) >= 11 is 0. The van der Waals surface area contributed by atoms with E-state index in [0.29, 0.717) is 6.42 Å². The second-order valence-corrected chi connectivity index (χ2v) is 5.19. The molecule has 0 aromatic heterocycles. The van der Waals surface area contributed by atoms with Crippen LogP contribution < -0.4 is 5.32 Å². The molecule has 1 rings (SSSR count). The molecule has 1 fully saturated rings. The molecule has 0 aromatic rings. The van der Waals surface area contributed by atoms with E-state index in [4.69, 9.17) is 9.84 Å². The Kier molecular flexibility index (Phi) is 5.40. The summed E-state index contributed by atoms with van der Waals surface area (Å²) in [6.07, 6.45) is 5.88. The molecule has 1 aliphatic rings. The first-order chi connectivity index (χ1) is 8.03. The third kappa shape index (κ3) is 3.96. The topological polar surface area (TPSA) is 58.6 Å². The fourth-order valence-corrected chi connectivity index (χ4v) is 2.59. The smallest absolute Gasteiger partial charge is 0.320 e. The minimum absolute atomic E-state index is 0.00167. The van der Waals surface area contributed by atoms with E-state index in [1.54, 1.807) is 7.11 Å². The van der Waals surface area contributed by atoms with Gasteiger partial charge >= 0.3 is 5.97 Å². The van der Waals surface area contributed by atoms with Gasteiger partial charge in [0.15, 0.2) is 0 Å². The maximum atomic E-state index is 11.0. The van der Waals surface area contributed by atoms with Crippen LogP contribution in [0.5, 0.6) is 0 Å². The van der Waals surface area contributed by atoms with E-state index in [2.05, 4.69) is 5.32 Å². The summed E-state index contributed by atoms with van der Waals surface area (Å²) in [6.45, 7) is 4.05. The second kappa shape index (κ2) is 6.36. The van der Waals surface area contributed by atoms with E-state index in [9.17, 15) is 4.79 Å². The summed E-state index contributed by atoms with van der Waals surface area (Å²) in [4.78, 5) is 11.0. The van der Waals surface area contributed by atoms with Gasteiger partial charge in [0.1, 0.15) is 6.04 Å². The Hall–Kier alpha value is -0.610. The minimum Gasteiger partial charge on any atom is -0.480 e. The molecule has 100 valence electrons. The number of ether oxygens (including phenoxy) is 1. The van der Waals surface area contributed by atoms with Gasteiger partial charge in [-0.2, -0.15) is 0 Å². The van der Waals surface area contributed by atoms with Gasteiger partial charge in [0.2, 0.25) is 0 Å². The van der Waals surface area contributed by atoms with Crippen molar-refractivity contribution >= 4 is 5.97 Å². The van der Waals surface area contributed by atoms with Gasteiger partial charge in [-0.05, 0) is 39.0 Å². The maximum absolute atomic E-state index is 11.0. The van der Waals surface area contributed by atoms with Crippen LogP contribution in [-0.2, 0) is 9.53 Å². The number of hydrogen-bond donors (Lipinski definition) is 2. The molecule has 0 saturated heterocycles. The number of carbonyl (C=O) groups is 1. The van der Waals surface area contributed by atoms with Crippen LogP contribution >= 0.6 is 0 Å². The summed E-state index contributed by atoms with van der Waals surface area (Å²) in [5.41, 5.74) is 0.00167. The van der Waals surface area contributed by atoms with Crippen molar-refractivity contribution in [3.63, 3.8) is 0 Å². The largest absolute Gasteiger partial charge is 0.480 e. The number of hydrogen-bond acceptors (Lipinski definition) is 3. The molecule has 2 atom stereocenters. The van der Waals surface area contributed by atoms with Crippen LogP contribution in [0.3, 0.4) is 0 Å². The Bertz CT molecular complexity index is 246. The zero-order chi connectivity index (χ0) is 12.9. The SMILES string of the molecule is CCCC(NC(C)CC1(OC)CCC1)C(=O)O. The van der Waals surface area contributed by atoms with Crippen LogP contribution in [-0.4, -0.2) is 35.9 Å². The molecule has 0 aromatic carbocycles. The van der Waals surface area contributed by atoms with Crippen molar-refractivity contribution in [3.05, 3.63) is 0 Å². The van der Waals surface area contributed by atoms with Crippen LogP contribution in [0.4, 0.5) is 0 Å². The third-order valence-electron chi connectivity index (χ3n) is 3.74. The highest BCUT2D eigenvalue weighted by atomic mass is 16.5. The summed E-state index contributed by atoms with van der Waals surface area (Å²) in [6, 6.07) is -0.244. The van der Waals surface area contributed by atoms with Gasteiger partial charge in [-0.15, -0.1) is 0 Å². The Morgan fingerprint density at radius 3 is 2.53 bits per heavy atom. The lowest BCUT2D eigenvalue weighted by Crippen LogP contribution is -2.49. The van der Waals surface area contributed by atoms with E-state index in [1.807, 2.05) is 13.8 Å². The van der Waals surface area contributed by atoms with Crippen LogP contribution in [0.1, 0.15) is 52.4 Å².